The Morgan fingerprint density at radius 3 is 1.47 bits per heavy atom. The molecular weight excluding hydrogens is 721 g/mol. The third-order valence-corrected chi connectivity index (χ3v) is 11.8. The van der Waals surface area contributed by atoms with Crippen molar-refractivity contribution in [1.29, 1.82) is 0 Å². The molecule has 7 aromatic rings. The summed E-state index contributed by atoms with van der Waals surface area (Å²) >= 11 is 0. The van der Waals surface area contributed by atoms with Gasteiger partial charge in [-0.05, 0) is 148 Å². The number of aryl methyl sites for hydroxylation is 9. The summed E-state index contributed by atoms with van der Waals surface area (Å²) in [5, 5.41) is 9.38. The SMILES string of the molecule is CC(=O)Nc1cc(N(C)c2c(C)cc(C)cc2C)ccc1C(c1ccc(N(C)c2c(C)cc(C)cc2C)cc1)c1ccc(Nc2c(C)cc(C)cc2C)c2ccccc12. The molecule has 1 amide bonds. The van der Waals surface area contributed by atoms with Crippen LogP contribution in [0.3, 0.4) is 0 Å². The van der Waals surface area contributed by atoms with Gasteiger partial charge < -0.3 is 20.4 Å². The van der Waals surface area contributed by atoms with Crippen LogP contribution in [0, 0.1) is 62.3 Å². The first-order valence-electron chi connectivity index (χ1n) is 20.6. The van der Waals surface area contributed by atoms with Crippen molar-refractivity contribution in [2.75, 3.05) is 34.5 Å². The fourth-order valence-electron chi connectivity index (χ4n) is 9.58. The van der Waals surface area contributed by atoms with Gasteiger partial charge in [-0.1, -0.05) is 102 Å². The molecule has 0 aromatic heterocycles. The van der Waals surface area contributed by atoms with E-state index >= 15 is 0 Å². The van der Waals surface area contributed by atoms with Crippen LogP contribution in [0.15, 0.2) is 115 Å². The van der Waals surface area contributed by atoms with E-state index in [9.17, 15) is 4.79 Å². The second kappa shape index (κ2) is 16.5. The van der Waals surface area contributed by atoms with Gasteiger partial charge in [-0.3, -0.25) is 4.79 Å². The number of anilines is 7. The molecule has 0 aliphatic carbocycles. The van der Waals surface area contributed by atoms with E-state index in [-0.39, 0.29) is 11.8 Å². The molecule has 0 radical (unpaired) electrons. The molecule has 2 N–H and O–H groups in total. The maximum absolute atomic E-state index is 13.1. The summed E-state index contributed by atoms with van der Waals surface area (Å²) in [4.78, 5) is 17.6. The van der Waals surface area contributed by atoms with Crippen molar-refractivity contribution in [3.05, 3.63) is 182 Å². The van der Waals surface area contributed by atoms with E-state index in [2.05, 4.69) is 212 Å². The molecule has 0 saturated carbocycles. The van der Waals surface area contributed by atoms with E-state index in [4.69, 9.17) is 0 Å². The largest absolute Gasteiger partial charge is 0.355 e. The lowest BCUT2D eigenvalue weighted by Gasteiger charge is -2.29. The predicted molar refractivity (Wildman–Crippen MR) is 253 cm³/mol. The number of nitrogens with one attached hydrogen (secondary N) is 2. The van der Waals surface area contributed by atoms with E-state index in [0.717, 1.165) is 55.9 Å². The van der Waals surface area contributed by atoms with E-state index in [1.54, 1.807) is 6.92 Å². The number of nitrogens with zero attached hydrogens (tertiary/aromatic N) is 2. The Balaban J connectivity index is 1.41. The summed E-state index contributed by atoms with van der Waals surface area (Å²) in [6.45, 7) is 21.1. The highest BCUT2D eigenvalue weighted by molar-refractivity contribution is 5.99. The normalized spacial score (nSPS) is 11.7. The maximum Gasteiger partial charge on any atom is 0.221 e. The molecule has 59 heavy (non-hydrogen) atoms. The van der Waals surface area contributed by atoms with Crippen LogP contribution < -0.4 is 20.4 Å². The minimum Gasteiger partial charge on any atom is -0.355 e. The topological polar surface area (TPSA) is 47.6 Å². The van der Waals surface area contributed by atoms with Gasteiger partial charge in [-0.25, -0.2) is 0 Å². The monoisotopic (exact) mass is 778 g/mol. The minimum atomic E-state index is -0.206. The van der Waals surface area contributed by atoms with Crippen molar-refractivity contribution < 1.29 is 4.79 Å². The number of rotatable bonds is 10. The zero-order valence-electron chi connectivity index (χ0n) is 36.8. The third-order valence-electron chi connectivity index (χ3n) is 11.8. The molecule has 5 heteroatoms. The highest BCUT2D eigenvalue weighted by Crippen LogP contribution is 2.44. The van der Waals surface area contributed by atoms with Crippen LogP contribution in [0.4, 0.5) is 39.8 Å². The zero-order valence-corrected chi connectivity index (χ0v) is 36.8. The molecule has 0 aliphatic heterocycles. The van der Waals surface area contributed by atoms with Crippen LogP contribution >= 0.6 is 0 Å². The van der Waals surface area contributed by atoms with Crippen molar-refractivity contribution in [3.63, 3.8) is 0 Å². The molecule has 0 bridgehead atoms. The molecule has 1 atom stereocenters. The van der Waals surface area contributed by atoms with Gasteiger partial charge in [0.05, 0.1) is 0 Å². The second-order valence-electron chi connectivity index (χ2n) is 16.7. The lowest BCUT2D eigenvalue weighted by Crippen LogP contribution is -2.16. The van der Waals surface area contributed by atoms with Crippen LogP contribution in [0.2, 0.25) is 0 Å². The highest BCUT2D eigenvalue weighted by atomic mass is 16.1. The summed E-state index contributed by atoms with van der Waals surface area (Å²) < 4.78 is 0. The summed E-state index contributed by atoms with van der Waals surface area (Å²) in [7, 11) is 4.26. The van der Waals surface area contributed by atoms with Gasteiger partial charge in [0.15, 0.2) is 0 Å². The third kappa shape index (κ3) is 8.20. The van der Waals surface area contributed by atoms with Gasteiger partial charge in [0.1, 0.15) is 0 Å². The molecule has 7 aromatic carbocycles. The Hall–Kier alpha value is -6.33. The first-order chi connectivity index (χ1) is 28.1. The molecular formula is C54H58N4O. The van der Waals surface area contributed by atoms with Crippen LogP contribution in [0.5, 0.6) is 0 Å². The summed E-state index contributed by atoms with van der Waals surface area (Å²) in [5.41, 5.74) is 21.9. The summed E-state index contributed by atoms with van der Waals surface area (Å²) in [6.07, 6.45) is 0. The molecule has 300 valence electrons. The molecule has 0 spiro atoms. The number of carbonyl (C=O) groups excluding carboxylic acids is 1. The van der Waals surface area contributed by atoms with Crippen molar-refractivity contribution in [3.8, 4) is 0 Å². The number of benzene rings is 7. The fraction of sp³-hybridized carbons (Fsp3) is 0.241. The number of carbonyl (C=O) groups is 1. The summed E-state index contributed by atoms with van der Waals surface area (Å²) in [5.74, 6) is -0.315. The zero-order chi connectivity index (χ0) is 42.3. The maximum atomic E-state index is 13.1. The van der Waals surface area contributed by atoms with Crippen LogP contribution in [-0.4, -0.2) is 20.0 Å². The van der Waals surface area contributed by atoms with Gasteiger partial charge >= 0.3 is 0 Å². The standard InChI is InChI=1S/C54H58N4O/c1-32-25-35(4)52(36(5)26-32)56-49-24-23-47(45-15-13-14-16-46(45)49)51(42-17-19-43(20-18-42)57(11)53-37(6)27-33(2)28-38(53)7)48-22-21-44(31-50(48)55-41(10)59)58(12)54-39(8)29-34(3)30-40(54)9/h13-31,51,56H,1-12H3,(H,55,59). The minimum absolute atomic E-state index is 0.110. The molecule has 0 aliphatic rings. The first-order valence-corrected chi connectivity index (χ1v) is 20.6. The first kappa shape index (κ1) is 40.9. The van der Waals surface area contributed by atoms with Gasteiger partial charge in [-0.15, -0.1) is 0 Å². The van der Waals surface area contributed by atoms with Crippen molar-refractivity contribution in [2.45, 2.75) is 75.2 Å². The van der Waals surface area contributed by atoms with Crippen molar-refractivity contribution >= 4 is 56.5 Å². The van der Waals surface area contributed by atoms with E-state index in [1.165, 1.54) is 61.4 Å². The lowest BCUT2D eigenvalue weighted by molar-refractivity contribution is -0.114. The number of amides is 1. The average molecular weight is 779 g/mol. The lowest BCUT2D eigenvalue weighted by atomic mass is 9.81. The van der Waals surface area contributed by atoms with Crippen LogP contribution in [-0.2, 0) is 4.79 Å². The highest BCUT2D eigenvalue weighted by Gasteiger charge is 2.25. The van der Waals surface area contributed by atoms with E-state index in [1.807, 2.05) is 0 Å². The average Bonchev–Trinajstić information content (AvgIpc) is 3.16. The molecule has 0 fully saturated rings. The van der Waals surface area contributed by atoms with E-state index < -0.39 is 0 Å². The molecule has 0 heterocycles. The Morgan fingerprint density at radius 1 is 0.492 bits per heavy atom. The number of hydrogen-bond donors (Lipinski definition) is 2. The second-order valence-corrected chi connectivity index (χ2v) is 16.7. The number of hydrogen-bond acceptors (Lipinski definition) is 4. The predicted octanol–water partition coefficient (Wildman–Crippen LogP) is 14.0. The van der Waals surface area contributed by atoms with Gasteiger partial charge in [-0.2, -0.15) is 0 Å². The smallest absolute Gasteiger partial charge is 0.221 e. The Bertz CT molecular complexity index is 2660. The molecule has 7 rings (SSSR count). The Labute approximate surface area is 351 Å². The molecule has 0 saturated heterocycles. The molecule has 1 unspecified atom stereocenters. The Kier molecular flexibility index (Phi) is 11.4. The summed E-state index contributed by atoms with van der Waals surface area (Å²) in [6, 6.07) is 42.1. The fourth-order valence-corrected chi connectivity index (χ4v) is 9.58. The Morgan fingerprint density at radius 2 is 0.949 bits per heavy atom. The van der Waals surface area contributed by atoms with Crippen molar-refractivity contribution in [2.24, 2.45) is 0 Å². The van der Waals surface area contributed by atoms with Gasteiger partial charge in [0.25, 0.3) is 0 Å². The van der Waals surface area contributed by atoms with Crippen molar-refractivity contribution in [1.82, 2.24) is 0 Å². The number of fused-ring (bicyclic) bond motifs is 1. The van der Waals surface area contributed by atoms with Crippen LogP contribution in [0.25, 0.3) is 10.8 Å². The van der Waals surface area contributed by atoms with Gasteiger partial charge in [0, 0.05) is 72.1 Å². The van der Waals surface area contributed by atoms with E-state index in [0.29, 0.717) is 0 Å². The van der Waals surface area contributed by atoms with Gasteiger partial charge in [0.2, 0.25) is 5.91 Å². The van der Waals surface area contributed by atoms with Crippen LogP contribution in [0.1, 0.15) is 79.6 Å². The quantitative estimate of drug-likeness (QED) is 0.136. The molecule has 5 nitrogen and oxygen atoms in total.